The minimum Gasteiger partial charge on any atom is -0.319 e. The second-order valence-corrected chi connectivity index (χ2v) is 4.01. The van der Waals surface area contributed by atoms with Crippen molar-refractivity contribution in [1.29, 1.82) is 0 Å². The topological polar surface area (TPSA) is 12.0 Å². The van der Waals surface area contributed by atoms with E-state index in [-0.39, 0.29) is 0 Å². The first-order chi connectivity index (χ1) is 6.33. The Hall–Kier alpha value is -0.820. The van der Waals surface area contributed by atoms with Crippen LogP contribution in [-0.2, 0) is 6.42 Å². The molecule has 0 fully saturated rings. The quantitative estimate of drug-likeness (QED) is 0.726. The normalized spacial score (nSPS) is 26.0. The van der Waals surface area contributed by atoms with Crippen molar-refractivity contribution < 1.29 is 0 Å². The summed E-state index contributed by atoms with van der Waals surface area (Å²) in [6.07, 6.45) is 1.25. The second kappa shape index (κ2) is 3.51. The summed E-state index contributed by atoms with van der Waals surface area (Å²) < 4.78 is 0. The molecule has 1 aromatic carbocycles. The number of rotatable bonds is 2. The van der Waals surface area contributed by atoms with Crippen LogP contribution in [0.15, 0.2) is 24.3 Å². The highest BCUT2D eigenvalue weighted by molar-refractivity contribution is 5.35. The molecule has 0 bridgehead atoms. The maximum Gasteiger partial charge on any atom is -0.00146 e. The Morgan fingerprint density at radius 3 is 2.85 bits per heavy atom. The van der Waals surface area contributed by atoms with Crippen molar-refractivity contribution in [3.63, 3.8) is 0 Å². The fourth-order valence-corrected chi connectivity index (χ4v) is 2.39. The molecule has 0 aliphatic heterocycles. The van der Waals surface area contributed by atoms with Crippen LogP contribution in [0, 0.1) is 5.92 Å². The molecule has 1 nitrogen and oxygen atoms in total. The molecule has 1 aliphatic rings. The third kappa shape index (κ3) is 1.49. The molecule has 0 radical (unpaired) electrons. The average Bonchev–Trinajstić information content (AvgIpc) is 2.46. The zero-order chi connectivity index (χ0) is 9.26. The highest BCUT2D eigenvalue weighted by Gasteiger charge is 2.27. The van der Waals surface area contributed by atoms with Crippen LogP contribution in [0.4, 0.5) is 0 Å². The second-order valence-electron chi connectivity index (χ2n) is 4.01. The molecule has 0 aromatic heterocycles. The van der Waals surface area contributed by atoms with E-state index < -0.39 is 0 Å². The first-order valence-electron chi connectivity index (χ1n) is 5.05. The van der Waals surface area contributed by atoms with Crippen molar-refractivity contribution in [3.8, 4) is 0 Å². The van der Waals surface area contributed by atoms with Gasteiger partial charge in [-0.3, -0.25) is 0 Å². The van der Waals surface area contributed by atoms with E-state index in [9.17, 15) is 0 Å². The van der Waals surface area contributed by atoms with Crippen molar-refractivity contribution >= 4 is 0 Å². The lowest BCUT2D eigenvalue weighted by atomic mass is 9.95. The summed E-state index contributed by atoms with van der Waals surface area (Å²) in [6.45, 7) is 3.48. The number of hydrogen-bond donors (Lipinski definition) is 1. The summed E-state index contributed by atoms with van der Waals surface area (Å²) in [5.74, 6) is 1.52. The zero-order valence-corrected chi connectivity index (χ0v) is 8.38. The summed E-state index contributed by atoms with van der Waals surface area (Å²) in [7, 11) is 2.04. The van der Waals surface area contributed by atoms with Crippen LogP contribution in [0.1, 0.15) is 24.0 Å². The Labute approximate surface area is 80.2 Å². The van der Waals surface area contributed by atoms with Gasteiger partial charge in [0, 0.05) is 0 Å². The van der Waals surface area contributed by atoms with Gasteiger partial charge in [-0.15, -0.1) is 0 Å². The van der Waals surface area contributed by atoms with Crippen molar-refractivity contribution in [2.45, 2.75) is 19.3 Å². The molecule has 1 heteroatoms. The lowest BCUT2D eigenvalue weighted by molar-refractivity contribution is 0.461. The predicted molar refractivity (Wildman–Crippen MR) is 56.0 cm³/mol. The first-order valence-corrected chi connectivity index (χ1v) is 5.05. The van der Waals surface area contributed by atoms with Gasteiger partial charge in [0.25, 0.3) is 0 Å². The smallest absolute Gasteiger partial charge is 0.00146 e. The van der Waals surface area contributed by atoms with E-state index in [4.69, 9.17) is 0 Å². The van der Waals surface area contributed by atoms with Crippen LogP contribution in [0.5, 0.6) is 0 Å². The summed E-state index contributed by atoms with van der Waals surface area (Å²) in [5, 5.41) is 3.27. The number of hydrogen-bond acceptors (Lipinski definition) is 1. The molecule has 13 heavy (non-hydrogen) atoms. The molecular weight excluding hydrogens is 158 g/mol. The van der Waals surface area contributed by atoms with Crippen LogP contribution >= 0.6 is 0 Å². The average molecular weight is 175 g/mol. The Morgan fingerprint density at radius 2 is 2.15 bits per heavy atom. The van der Waals surface area contributed by atoms with Gasteiger partial charge in [0.2, 0.25) is 0 Å². The van der Waals surface area contributed by atoms with Gasteiger partial charge < -0.3 is 5.32 Å². The van der Waals surface area contributed by atoms with E-state index in [2.05, 4.69) is 36.5 Å². The molecule has 0 amide bonds. The van der Waals surface area contributed by atoms with Crippen LogP contribution in [0.3, 0.4) is 0 Å². The zero-order valence-electron chi connectivity index (χ0n) is 8.38. The molecule has 0 saturated heterocycles. The Morgan fingerprint density at radius 1 is 1.38 bits per heavy atom. The molecule has 0 saturated carbocycles. The van der Waals surface area contributed by atoms with Crippen molar-refractivity contribution in [1.82, 2.24) is 5.32 Å². The van der Waals surface area contributed by atoms with Crippen molar-refractivity contribution in [3.05, 3.63) is 35.4 Å². The lowest BCUT2D eigenvalue weighted by Gasteiger charge is -2.14. The molecule has 2 atom stereocenters. The van der Waals surface area contributed by atoms with Crippen molar-refractivity contribution in [2.75, 3.05) is 13.6 Å². The van der Waals surface area contributed by atoms with E-state index in [1.807, 2.05) is 7.05 Å². The fraction of sp³-hybridized carbons (Fsp3) is 0.500. The predicted octanol–water partition coefficient (Wildman–Crippen LogP) is 2.18. The van der Waals surface area contributed by atoms with Gasteiger partial charge in [-0.25, -0.2) is 0 Å². The summed E-state index contributed by atoms with van der Waals surface area (Å²) in [4.78, 5) is 0. The molecule has 1 aliphatic carbocycles. The standard InChI is InChI=1S/C12H17N/c1-9-11(8-13-2)7-10-5-3-4-6-12(9)10/h3-6,9,11,13H,7-8H2,1-2H3. The highest BCUT2D eigenvalue weighted by Crippen LogP contribution is 2.36. The van der Waals surface area contributed by atoms with Gasteiger partial charge in [-0.05, 0) is 43.0 Å². The largest absolute Gasteiger partial charge is 0.319 e. The minimum atomic E-state index is 0.726. The van der Waals surface area contributed by atoms with E-state index in [0.29, 0.717) is 0 Å². The van der Waals surface area contributed by atoms with Crippen LogP contribution in [0.25, 0.3) is 0 Å². The monoisotopic (exact) mass is 175 g/mol. The molecule has 2 unspecified atom stereocenters. The van der Waals surface area contributed by atoms with E-state index in [0.717, 1.165) is 18.4 Å². The number of fused-ring (bicyclic) bond motifs is 1. The Balaban J connectivity index is 2.22. The molecule has 70 valence electrons. The van der Waals surface area contributed by atoms with Crippen LogP contribution < -0.4 is 5.32 Å². The molecule has 0 spiro atoms. The molecule has 2 rings (SSSR count). The lowest BCUT2D eigenvalue weighted by Crippen LogP contribution is -2.20. The third-order valence-electron chi connectivity index (χ3n) is 3.20. The van der Waals surface area contributed by atoms with Gasteiger partial charge in [0.1, 0.15) is 0 Å². The van der Waals surface area contributed by atoms with Crippen molar-refractivity contribution in [2.24, 2.45) is 5.92 Å². The maximum atomic E-state index is 3.27. The van der Waals surface area contributed by atoms with E-state index >= 15 is 0 Å². The Kier molecular flexibility index (Phi) is 2.36. The van der Waals surface area contributed by atoms with E-state index in [1.54, 1.807) is 11.1 Å². The summed E-state index contributed by atoms with van der Waals surface area (Å²) >= 11 is 0. The number of benzene rings is 1. The maximum absolute atomic E-state index is 3.27. The fourth-order valence-electron chi connectivity index (χ4n) is 2.39. The molecule has 1 aromatic rings. The summed E-state index contributed by atoms with van der Waals surface area (Å²) in [6, 6.07) is 8.83. The van der Waals surface area contributed by atoms with Gasteiger partial charge >= 0.3 is 0 Å². The Bertz CT molecular complexity index is 293. The SMILES string of the molecule is CNCC1Cc2ccccc2C1C. The van der Waals surface area contributed by atoms with Gasteiger partial charge in [0.05, 0.1) is 0 Å². The van der Waals surface area contributed by atoms with E-state index in [1.165, 1.54) is 6.42 Å². The van der Waals surface area contributed by atoms with Crippen LogP contribution in [0.2, 0.25) is 0 Å². The highest BCUT2D eigenvalue weighted by atomic mass is 14.8. The molecule has 0 heterocycles. The molecular formula is C12H17N. The minimum absolute atomic E-state index is 0.726. The number of nitrogens with one attached hydrogen (secondary N) is 1. The third-order valence-corrected chi connectivity index (χ3v) is 3.20. The molecule has 1 N–H and O–H groups in total. The van der Waals surface area contributed by atoms with Crippen LogP contribution in [-0.4, -0.2) is 13.6 Å². The van der Waals surface area contributed by atoms with Gasteiger partial charge in [-0.1, -0.05) is 31.2 Å². The summed E-state index contributed by atoms with van der Waals surface area (Å²) in [5.41, 5.74) is 3.11. The van der Waals surface area contributed by atoms with Gasteiger partial charge in [0.15, 0.2) is 0 Å². The van der Waals surface area contributed by atoms with Gasteiger partial charge in [-0.2, -0.15) is 0 Å². The first kappa shape index (κ1) is 8.76.